The summed E-state index contributed by atoms with van der Waals surface area (Å²) in [5.74, 6) is -1.44. The van der Waals surface area contributed by atoms with Crippen molar-refractivity contribution in [2.45, 2.75) is 12.5 Å². The van der Waals surface area contributed by atoms with Gasteiger partial charge in [-0.25, -0.2) is 8.78 Å². The van der Waals surface area contributed by atoms with Crippen LogP contribution in [0, 0.1) is 11.6 Å². The lowest BCUT2D eigenvalue weighted by molar-refractivity contribution is 0.259. The summed E-state index contributed by atoms with van der Waals surface area (Å²) in [6, 6.07) is 2.80. The molecule has 18 heavy (non-hydrogen) atoms. The molecule has 0 fully saturated rings. The molecule has 0 aliphatic rings. The Morgan fingerprint density at radius 1 is 1.33 bits per heavy atom. The summed E-state index contributed by atoms with van der Waals surface area (Å²) in [5, 5.41) is 12.4. The van der Waals surface area contributed by atoms with Crippen molar-refractivity contribution < 1.29 is 18.4 Å². The quantitative estimate of drug-likeness (QED) is 0.848. The van der Waals surface area contributed by atoms with E-state index >= 15 is 0 Å². The lowest BCUT2D eigenvalue weighted by Gasteiger charge is -1.99. The first kappa shape index (κ1) is 12.6. The summed E-state index contributed by atoms with van der Waals surface area (Å²) in [6.45, 7) is -0.301. The molecule has 0 bridgehead atoms. The summed E-state index contributed by atoms with van der Waals surface area (Å²) in [7, 11) is 0. The Balaban J connectivity index is 2.13. The predicted molar refractivity (Wildman–Crippen MR) is 57.5 cm³/mol. The highest BCUT2D eigenvalue weighted by Gasteiger charge is 2.14. The molecule has 1 aromatic heterocycles. The van der Waals surface area contributed by atoms with Gasteiger partial charge < -0.3 is 15.4 Å². The van der Waals surface area contributed by atoms with Crippen LogP contribution in [-0.2, 0) is 6.42 Å². The standard InChI is InChI=1S/C11H11F2N3O2/c12-7-2-1-6(3-8(7)13)4-10-15-11(16-18-10)9(14)5-17/h1-3,9,17H,4-5,14H2. The van der Waals surface area contributed by atoms with Crippen molar-refractivity contribution >= 4 is 0 Å². The highest BCUT2D eigenvalue weighted by Crippen LogP contribution is 2.13. The normalized spacial score (nSPS) is 12.7. The fourth-order valence-corrected chi connectivity index (χ4v) is 1.40. The summed E-state index contributed by atoms with van der Waals surface area (Å²) in [5.41, 5.74) is 6.00. The van der Waals surface area contributed by atoms with Crippen molar-refractivity contribution in [3.8, 4) is 0 Å². The Hall–Kier alpha value is -1.86. The van der Waals surface area contributed by atoms with Gasteiger partial charge in [0.25, 0.3) is 0 Å². The van der Waals surface area contributed by atoms with Gasteiger partial charge in [0.1, 0.15) is 0 Å². The van der Waals surface area contributed by atoms with Gasteiger partial charge in [-0.05, 0) is 17.7 Å². The maximum atomic E-state index is 13.0. The molecule has 1 unspecified atom stereocenters. The minimum Gasteiger partial charge on any atom is -0.394 e. The van der Waals surface area contributed by atoms with E-state index in [1.165, 1.54) is 6.07 Å². The molecule has 3 N–H and O–H groups in total. The predicted octanol–water partition coefficient (Wildman–Crippen LogP) is 0.931. The number of nitrogens with zero attached hydrogens (tertiary/aromatic N) is 2. The second-order valence-electron chi connectivity index (χ2n) is 3.76. The van der Waals surface area contributed by atoms with Crippen molar-refractivity contribution in [1.29, 1.82) is 0 Å². The first-order chi connectivity index (χ1) is 8.60. The molecule has 0 saturated carbocycles. The Bertz CT molecular complexity index is 545. The molecule has 1 aromatic carbocycles. The van der Waals surface area contributed by atoms with Gasteiger partial charge in [0.2, 0.25) is 5.89 Å². The van der Waals surface area contributed by atoms with Gasteiger partial charge in [0, 0.05) is 0 Å². The number of hydrogen-bond donors (Lipinski definition) is 2. The van der Waals surface area contributed by atoms with Gasteiger partial charge in [-0.1, -0.05) is 11.2 Å². The van der Waals surface area contributed by atoms with E-state index in [1.54, 1.807) is 0 Å². The van der Waals surface area contributed by atoms with Crippen molar-refractivity contribution in [2.75, 3.05) is 6.61 Å². The Morgan fingerprint density at radius 3 is 2.78 bits per heavy atom. The van der Waals surface area contributed by atoms with Crippen LogP contribution in [0.3, 0.4) is 0 Å². The molecule has 0 radical (unpaired) electrons. The molecule has 0 amide bonds. The number of rotatable bonds is 4. The fourth-order valence-electron chi connectivity index (χ4n) is 1.40. The van der Waals surface area contributed by atoms with E-state index < -0.39 is 17.7 Å². The van der Waals surface area contributed by atoms with Crippen LogP contribution in [0.25, 0.3) is 0 Å². The van der Waals surface area contributed by atoms with Gasteiger partial charge in [0.15, 0.2) is 17.5 Å². The molecular weight excluding hydrogens is 244 g/mol. The number of aromatic nitrogens is 2. The van der Waals surface area contributed by atoms with E-state index in [4.69, 9.17) is 15.4 Å². The average Bonchev–Trinajstić information content (AvgIpc) is 2.81. The zero-order valence-corrected chi connectivity index (χ0v) is 9.31. The maximum absolute atomic E-state index is 13.0. The van der Waals surface area contributed by atoms with Crippen LogP contribution in [0.4, 0.5) is 8.78 Å². The number of nitrogens with two attached hydrogens (primary N) is 1. The Labute approximate surface area is 101 Å². The van der Waals surface area contributed by atoms with Crippen LogP contribution in [0.5, 0.6) is 0 Å². The molecule has 0 spiro atoms. The molecule has 2 aromatic rings. The van der Waals surface area contributed by atoms with E-state index in [0.29, 0.717) is 5.56 Å². The minimum atomic E-state index is -0.931. The van der Waals surface area contributed by atoms with Crippen molar-refractivity contribution in [1.82, 2.24) is 10.1 Å². The van der Waals surface area contributed by atoms with E-state index in [2.05, 4.69) is 10.1 Å². The lowest BCUT2D eigenvalue weighted by Crippen LogP contribution is -2.16. The van der Waals surface area contributed by atoms with Crippen molar-refractivity contribution in [3.63, 3.8) is 0 Å². The van der Waals surface area contributed by atoms with E-state index in [0.717, 1.165) is 12.1 Å². The zero-order valence-electron chi connectivity index (χ0n) is 9.31. The van der Waals surface area contributed by atoms with Gasteiger partial charge in [-0.2, -0.15) is 4.98 Å². The molecular formula is C11H11F2N3O2. The summed E-state index contributed by atoms with van der Waals surface area (Å²) < 4.78 is 30.6. The topological polar surface area (TPSA) is 85.2 Å². The molecule has 5 nitrogen and oxygen atoms in total. The van der Waals surface area contributed by atoms with Crippen LogP contribution in [0.15, 0.2) is 22.7 Å². The SMILES string of the molecule is NC(CO)c1noc(Cc2ccc(F)c(F)c2)n1. The van der Waals surface area contributed by atoms with E-state index in [1.807, 2.05) is 0 Å². The third kappa shape index (κ3) is 2.69. The first-order valence-corrected chi connectivity index (χ1v) is 5.23. The highest BCUT2D eigenvalue weighted by atomic mass is 19.2. The highest BCUT2D eigenvalue weighted by molar-refractivity contribution is 5.20. The van der Waals surface area contributed by atoms with E-state index in [-0.39, 0.29) is 24.7 Å². The number of aliphatic hydroxyl groups is 1. The van der Waals surface area contributed by atoms with Gasteiger partial charge in [-0.3, -0.25) is 0 Å². The first-order valence-electron chi connectivity index (χ1n) is 5.23. The zero-order chi connectivity index (χ0) is 13.1. The molecule has 1 heterocycles. The van der Waals surface area contributed by atoms with Crippen LogP contribution >= 0.6 is 0 Å². The summed E-state index contributed by atoms with van der Waals surface area (Å²) in [4.78, 5) is 3.95. The second kappa shape index (κ2) is 5.19. The maximum Gasteiger partial charge on any atom is 0.231 e. The molecule has 0 aliphatic carbocycles. The fraction of sp³-hybridized carbons (Fsp3) is 0.273. The lowest BCUT2D eigenvalue weighted by atomic mass is 10.1. The van der Waals surface area contributed by atoms with E-state index in [9.17, 15) is 8.78 Å². The number of benzene rings is 1. The van der Waals surface area contributed by atoms with Gasteiger partial charge >= 0.3 is 0 Å². The smallest absolute Gasteiger partial charge is 0.231 e. The van der Waals surface area contributed by atoms with Crippen LogP contribution in [0.2, 0.25) is 0 Å². The third-order valence-corrected chi connectivity index (χ3v) is 2.35. The van der Waals surface area contributed by atoms with Crippen LogP contribution in [-0.4, -0.2) is 21.9 Å². The molecule has 2 rings (SSSR count). The number of halogens is 2. The monoisotopic (exact) mass is 255 g/mol. The van der Waals surface area contributed by atoms with Crippen LogP contribution < -0.4 is 5.73 Å². The molecule has 1 atom stereocenters. The third-order valence-electron chi connectivity index (χ3n) is 2.35. The minimum absolute atomic E-state index is 0.169. The molecule has 0 aliphatic heterocycles. The van der Waals surface area contributed by atoms with Gasteiger partial charge in [-0.15, -0.1) is 0 Å². The molecule has 96 valence electrons. The van der Waals surface area contributed by atoms with Crippen LogP contribution in [0.1, 0.15) is 23.3 Å². The van der Waals surface area contributed by atoms with Crippen molar-refractivity contribution in [3.05, 3.63) is 47.1 Å². The van der Waals surface area contributed by atoms with Crippen molar-refractivity contribution in [2.24, 2.45) is 5.73 Å². The summed E-state index contributed by atoms with van der Waals surface area (Å²) >= 11 is 0. The van der Waals surface area contributed by atoms with Gasteiger partial charge in [0.05, 0.1) is 19.1 Å². The molecule has 7 heteroatoms. The Morgan fingerprint density at radius 2 is 2.11 bits per heavy atom. The summed E-state index contributed by atoms with van der Waals surface area (Å²) in [6.07, 6.45) is 0.169. The number of aliphatic hydroxyl groups excluding tert-OH is 1. The average molecular weight is 255 g/mol. The Kier molecular flexibility index (Phi) is 3.63. The molecule has 0 saturated heterocycles. The number of hydrogen-bond acceptors (Lipinski definition) is 5. The second-order valence-corrected chi connectivity index (χ2v) is 3.76. The largest absolute Gasteiger partial charge is 0.394 e.